The Morgan fingerprint density at radius 2 is 1.91 bits per heavy atom. The molecule has 10 nitrogen and oxygen atoms in total. The van der Waals surface area contributed by atoms with E-state index in [-0.39, 0.29) is 9.62 Å². The quantitative estimate of drug-likeness (QED) is 0.616. The molecule has 0 bridgehead atoms. The van der Waals surface area contributed by atoms with Crippen LogP contribution in [-0.4, -0.2) is 59.9 Å². The van der Waals surface area contributed by atoms with E-state index >= 15 is 0 Å². The number of nitrogens with one attached hydrogen (secondary N) is 1. The van der Waals surface area contributed by atoms with Crippen molar-refractivity contribution < 1.29 is 13.0 Å². The van der Waals surface area contributed by atoms with Crippen molar-refractivity contribution in [1.82, 2.24) is 15.0 Å². The first kappa shape index (κ1) is 23.3. The van der Waals surface area contributed by atoms with Gasteiger partial charge in [-0.05, 0) is 43.9 Å². The normalized spacial score (nSPS) is 22.1. The second-order valence-electron chi connectivity index (χ2n) is 9.04. The predicted octanol–water partition coefficient (Wildman–Crippen LogP) is 3.02. The van der Waals surface area contributed by atoms with Gasteiger partial charge in [-0.3, -0.25) is 4.99 Å². The minimum Gasteiger partial charge on any atom is -0.341 e. The molecule has 35 heavy (non-hydrogen) atoms. The van der Waals surface area contributed by atoms with Crippen molar-refractivity contribution in [3.63, 3.8) is 0 Å². The zero-order valence-corrected chi connectivity index (χ0v) is 20.9. The maximum Gasteiger partial charge on any atom is 0.225 e. The molecule has 1 atom stereocenters. The summed E-state index contributed by atoms with van der Waals surface area (Å²) in [7, 11) is -3.37. The fourth-order valence-corrected chi connectivity index (χ4v) is 5.18. The van der Waals surface area contributed by atoms with Gasteiger partial charge in [-0.25, -0.2) is 28.8 Å². The number of piperidine rings is 1. The van der Waals surface area contributed by atoms with Crippen LogP contribution < -0.4 is 10.3 Å². The number of rotatable bonds is 6. The number of hydrogen-bond donors (Lipinski definition) is 1. The Labute approximate surface area is 205 Å². The molecule has 0 saturated carbocycles. The molecule has 0 spiro atoms. The average molecular weight is 494 g/mol. The smallest absolute Gasteiger partial charge is 0.225 e. The van der Waals surface area contributed by atoms with E-state index in [4.69, 9.17) is 4.99 Å². The molecule has 2 aromatic heterocycles. The first-order chi connectivity index (χ1) is 16.8. The third-order valence-corrected chi connectivity index (χ3v) is 7.62. The highest BCUT2D eigenvalue weighted by atomic mass is 32.2. The van der Waals surface area contributed by atoms with Crippen LogP contribution in [-0.2, 0) is 16.3 Å². The lowest BCUT2D eigenvalue weighted by Gasteiger charge is -2.33. The fraction of sp³-hybridized carbons (Fsp3) is 0.375. The van der Waals surface area contributed by atoms with Gasteiger partial charge in [0, 0.05) is 37.7 Å². The maximum absolute atomic E-state index is 11.9. The molecule has 3 aliphatic heterocycles. The number of sulfone groups is 1. The Bertz CT molecular complexity index is 1360. The number of pyridine rings is 1. The number of hydrogen-bond acceptors (Lipinski definition) is 9. The summed E-state index contributed by atoms with van der Waals surface area (Å²) in [6.07, 6.45) is 15.1. The number of aryl methyl sites for hydroxylation is 2. The number of fused-ring (bicyclic) bond motifs is 1. The van der Waals surface area contributed by atoms with Gasteiger partial charge >= 0.3 is 0 Å². The second kappa shape index (κ2) is 8.97. The molecule has 1 saturated heterocycles. The number of quaternary nitrogens is 1. The summed E-state index contributed by atoms with van der Waals surface area (Å²) in [6, 6.07) is 3.27. The Hall–Kier alpha value is -3.44. The summed E-state index contributed by atoms with van der Waals surface area (Å²) in [5.41, 5.74) is 7.92. The molecular formula is C24H29N8O2S+. The van der Waals surface area contributed by atoms with Gasteiger partial charge in [0.2, 0.25) is 18.0 Å². The Morgan fingerprint density at radius 1 is 1.17 bits per heavy atom. The van der Waals surface area contributed by atoms with E-state index in [2.05, 4.69) is 37.2 Å². The van der Waals surface area contributed by atoms with Gasteiger partial charge in [-0.1, -0.05) is 6.92 Å². The number of allylic oxidation sites excluding steroid dienone is 2. The van der Waals surface area contributed by atoms with Crippen molar-refractivity contribution in [2.75, 3.05) is 29.7 Å². The first-order valence-electron chi connectivity index (χ1n) is 11.7. The predicted molar refractivity (Wildman–Crippen MR) is 135 cm³/mol. The molecular weight excluding hydrogens is 464 g/mol. The standard InChI is InChI=1S/C24H29N8O2S/c1-4-18-13-26-24(27-14-18)31-10-7-19(8-11-31)23-21-15-25-9-12-32(21,16-28-23)30-20-5-6-22(29-17(20)2)35(3,33)34/h5-6,9,12-16,19,30H,4,7-8,10-11H2,1-3H3/q+1. The van der Waals surface area contributed by atoms with E-state index in [1.165, 1.54) is 6.07 Å². The summed E-state index contributed by atoms with van der Waals surface area (Å²) in [5, 5.41) is 0.0583. The summed E-state index contributed by atoms with van der Waals surface area (Å²) in [5.74, 6) is 1.07. The van der Waals surface area contributed by atoms with E-state index < -0.39 is 9.84 Å². The van der Waals surface area contributed by atoms with E-state index in [1.807, 2.05) is 31.1 Å². The highest BCUT2D eigenvalue weighted by Crippen LogP contribution is 2.37. The molecule has 11 heteroatoms. The molecule has 1 N–H and O–H groups in total. The van der Waals surface area contributed by atoms with Crippen LogP contribution >= 0.6 is 0 Å². The van der Waals surface area contributed by atoms with Gasteiger partial charge in [-0.15, -0.1) is 4.59 Å². The van der Waals surface area contributed by atoms with Gasteiger partial charge in [0.15, 0.2) is 21.1 Å². The fourth-order valence-electron chi connectivity index (χ4n) is 4.56. The first-order valence-corrected chi connectivity index (χ1v) is 13.6. The number of anilines is 2. The number of nitrogens with zero attached hydrogens (tertiary/aromatic N) is 7. The summed E-state index contributed by atoms with van der Waals surface area (Å²) in [6.45, 7) is 5.61. The summed E-state index contributed by atoms with van der Waals surface area (Å²) < 4.78 is 23.9. The lowest BCUT2D eigenvalue weighted by molar-refractivity contribution is -0.705. The monoisotopic (exact) mass is 493 g/mol. The van der Waals surface area contributed by atoms with Crippen molar-refractivity contribution in [3.05, 3.63) is 59.6 Å². The average Bonchev–Trinajstić information content (AvgIpc) is 3.24. The highest BCUT2D eigenvalue weighted by Gasteiger charge is 2.42. The van der Waals surface area contributed by atoms with Crippen LogP contribution in [0.5, 0.6) is 0 Å². The molecule has 0 aromatic carbocycles. The van der Waals surface area contributed by atoms with E-state index in [9.17, 15) is 8.42 Å². The Morgan fingerprint density at radius 3 is 2.57 bits per heavy atom. The van der Waals surface area contributed by atoms with Crippen LogP contribution in [0.15, 0.2) is 63.3 Å². The third kappa shape index (κ3) is 4.48. The summed E-state index contributed by atoms with van der Waals surface area (Å²) in [4.78, 5) is 24.8. The van der Waals surface area contributed by atoms with Crippen LogP contribution in [0.25, 0.3) is 0 Å². The van der Waals surface area contributed by atoms with Crippen molar-refractivity contribution in [2.24, 2.45) is 15.9 Å². The summed E-state index contributed by atoms with van der Waals surface area (Å²) >= 11 is 0. The van der Waals surface area contributed by atoms with Gasteiger partial charge in [0.1, 0.15) is 11.4 Å². The zero-order valence-electron chi connectivity index (χ0n) is 20.1. The largest absolute Gasteiger partial charge is 0.341 e. The van der Waals surface area contributed by atoms with Gasteiger partial charge in [0.05, 0.1) is 18.1 Å². The molecule has 1 fully saturated rings. The molecule has 2 aromatic rings. The van der Waals surface area contributed by atoms with Crippen LogP contribution in [0, 0.1) is 12.8 Å². The number of aromatic nitrogens is 3. The SMILES string of the molecule is CCc1cnc(N2CCC(C3=C4C=NC=C[N+]4(Nc4ccc(S(C)(=O)=O)nc4C)C=N3)CC2)nc1. The van der Waals surface area contributed by atoms with Gasteiger partial charge in [-0.2, -0.15) is 4.99 Å². The molecule has 3 aliphatic rings. The maximum atomic E-state index is 11.9. The van der Waals surface area contributed by atoms with E-state index in [1.54, 1.807) is 19.2 Å². The minimum absolute atomic E-state index is 0.0583. The van der Waals surface area contributed by atoms with Crippen molar-refractivity contribution in [2.45, 2.75) is 38.1 Å². The van der Waals surface area contributed by atoms with Gasteiger partial charge < -0.3 is 4.90 Å². The van der Waals surface area contributed by atoms with Gasteiger partial charge in [0.25, 0.3) is 0 Å². The van der Waals surface area contributed by atoms with Crippen molar-refractivity contribution in [3.8, 4) is 0 Å². The lowest BCUT2D eigenvalue weighted by Crippen LogP contribution is -2.46. The minimum atomic E-state index is -3.37. The Kier molecular flexibility index (Phi) is 5.97. The molecule has 5 rings (SSSR count). The van der Waals surface area contributed by atoms with Crippen LogP contribution in [0.1, 0.15) is 31.0 Å². The van der Waals surface area contributed by atoms with Crippen molar-refractivity contribution in [1.29, 1.82) is 0 Å². The molecule has 5 heterocycles. The second-order valence-corrected chi connectivity index (χ2v) is 11.0. The van der Waals surface area contributed by atoms with Crippen molar-refractivity contribution >= 4 is 34.0 Å². The Balaban J connectivity index is 1.35. The molecule has 0 aliphatic carbocycles. The highest BCUT2D eigenvalue weighted by molar-refractivity contribution is 7.90. The molecule has 0 amide bonds. The lowest BCUT2D eigenvalue weighted by atomic mass is 9.92. The van der Waals surface area contributed by atoms with E-state index in [0.29, 0.717) is 11.6 Å². The van der Waals surface area contributed by atoms with E-state index in [0.717, 1.165) is 67.2 Å². The van der Waals surface area contributed by atoms with Crippen LogP contribution in [0.2, 0.25) is 0 Å². The number of aliphatic imine (C=N–C) groups is 2. The molecule has 182 valence electrons. The topological polar surface area (TPSA) is 113 Å². The van der Waals surface area contributed by atoms with Crippen LogP contribution in [0.4, 0.5) is 11.6 Å². The van der Waals surface area contributed by atoms with Crippen LogP contribution in [0.3, 0.4) is 0 Å². The molecule has 1 unspecified atom stereocenters. The zero-order chi connectivity index (χ0) is 24.6. The molecule has 0 radical (unpaired) electrons. The third-order valence-electron chi connectivity index (χ3n) is 6.63.